The maximum atomic E-state index is 11.5. The molecule has 0 amide bonds. The van der Waals surface area contributed by atoms with Crippen LogP contribution in [0.2, 0.25) is 0 Å². The van der Waals surface area contributed by atoms with Crippen LogP contribution in [0.25, 0.3) is 0 Å². The van der Waals surface area contributed by atoms with Crippen molar-refractivity contribution in [2.24, 2.45) is 0 Å². The quantitative estimate of drug-likeness (QED) is 0.897. The van der Waals surface area contributed by atoms with Crippen molar-refractivity contribution in [2.75, 3.05) is 18.6 Å². The highest BCUT2D eigenvalue weighted by atomic mass is 32.2. The summed E-state index contributed by atoms with van der Waals surface area (Å²) in [5, 5.41) is 3.35. The Morgan fingerprint density at radius 2 is 2.11 bits per heavy atom. The van der Waals surface area contributed by atoms with Crippen LogP contribution in [-0.2, 0) is 16.4 Å². The summed E-state index contributed by atoms with van der Waals surface area (Å²) in [6, 6.07) is 7.76. The molecule has 0 bridgehead atoms. The largest absolute Gasteiger partial charge is 0.496 e. The van der Waals surface area contributed by atoms with Crippen LogP contribution in [0.3, 0.4) is 0 Å². The normalized spacial score (nSPS) is 26.1. The van der Waals surface area contributed by atoms with Crippen molar-refractivity contribution in [3.05, 3.63) is 29.8 Å². The molecule has 5 heteroatoms. The smallest absolute Gasteiger partial charge is 0.152 e. The van der Waals surface area contributed by atoms with E-state index in [1.807, 2.05) is 31.2 Å². The summed E-state index contributed by atoms with van der Waals surface area (Å²) in [7, 11) is -1.23. The summed E-state index contributed by atoms with van der Waals surface area (Å²) in [4.78, 5) is 0. The van der Waals surface area contributed by atoms with Crippen molar-refractivity contribution in [1.29, 1.82) is 0 Å². The van der Waals surface area contributed by atoms with Gasteiger partial charge in [-0.2, -0.15) is 0 Å². The number of para-hydroxylation sites is 1. The molecule has 100 valence electrons. The fourth-order valence-electron chi connectivity index (χ4n) is 2.31. The number of hydrogen-bond acceptors (Lipinski definition) is 4. The van der Waals surface area contributed by atoms with E-state index >= 15 is 0 Å². The van der Waals surface area contributed by atoms with Crippen molar-refractivity contribution in [2.45, 2.75) is 25.4 Å². The third kappa shape index (κ3) is 3.03. The highest BCUT2D eigenvalue weighted by Crippen LogP contribution is 2.24. The maximum absolute atomic E-state index is 11.5. The number of rotatable bonds is 4. The van der Waals surface area contributed by atoms with E-state index in [2.05, 4.69) is 5.32 Å². The minimum absolute atomic E-state index is 0.217. The van der Waals surface area contributed by atoms with E-state index in [-0.39, 0.29) is 17.0 Å². The van der Waals surface area contributed by atoms with Crippen molar-refractivity contribution >= 4 is 9.84 Å². The van der Waals surface area contributed by atoms with Gasteiger partial charge in [-0.05, 0) is 19.4 Å². The molecule has 1 aromatic rings. The summed E-state index contributed by atoms with van der Waals surface area (Å²) in [6.07, 6.45) is 0.671. The lowest BCUT2D eigenvalue weighted by Crippen LogP contribution is -2.42. The number of sulfone groups is 1. The van der Waals surface area contributed by atoms with E-state index in [4.69, 9.17) is 4.74 Å². The molecule has 1 aliphatic rings. The molecule has 1 heterocycles. The van der Waals surface area contributed by atoms with Crippen LogP contribution in [0.4, 0.5) is 0 Å². The summed E-state index contributed by atoms with van der Waals surface area (Å²) < 4.78 is 28.3. The molecule has 1 aromatic carbocycles. The van der Waals surface area contributed by atoms with Crippen LogP contribution in [0.1, 0.15) is 18.9 Å². The van der Waals surface area contributed by atoms with Gasteiger partial charge in [0.25, 0.3) is 0 Å². The van der Waals surface area contributed by atoms with Crippen molar-refractivity contribution in [1.82, 2.24) is 5.32 Å². The molecule has 0 radical (unpaired) electrons. The Bertz CT molecular complexity index is 527. The minimum atomic E-state index is -2.87. The van der Waals surface area contributed by atoms with Gasteiger partial charge in [0.2, 0.25) is 0 Å². The lowest BCUT2D eigenvalue weighted by molar-refractivity contribution is 0.379. The van der Waals surface area contributed by atoms with Gasteiger partial charge >= 0.3 is 0 Å². The highest BCUT2D eigenvalue weighted by molar-refractivity contribution is 7.91. The third-order valence-electron chi connectivity index (χ3n) is 3.40. The van der Waals surface area contributed by atoms with E-state index in [0.29, 0.717) is 13.0 Å². The molecule has 0 aromatic heterocycles. The number of nitrogens with one attached hydrogen (secondary N) is 1. The Hall–Kier alpha value is -1.07. The number of methoxy groups -OCH3 is 1. The predicted octanol–water partition coefficient (Wildman–Crippen LogP) is 1.36. The molecule has 0 saturated carbocycles. The van der Waals surface area contributed by atoms with Crippen LogP contribution in [0.15, 0.2) is 24.3 Å². The van der Waals surface area contributed by atoms with Crippen molar-refractivity contribution in [3.63, 3.8) is 0 Å². The summed E-state index contributed by atoms with van der Waals surface area (Å²) in [5.74, 6) is 1.33. The highest BCUT2D eigenvalue weighted by Gasteiger charge is 2.37. The van der Waals surface area contributed by atoms with Gasteiger partial charge in [0.15, 0.2) is 9.84 Å². The topological polar surface area (TPSA) is 55.4 Å². The van der Waals surface area contributed by atoms with E-state index < -0.39 is 9.84 Å². The molecular formula is C13H19NO3S. The van der Waals surface area contributed by atoms with Gasteiger partial charge in [-0.1, -0.05) is 18.2 Å². The zero-order valence-corrected chi connectivity index (χ0v) is 11.6. The first-order chi connectivity index (χ1) is 8.44. The van der Waals surface area contributed by atoms with Gasteiger partial charge in [0, 0.05) is 17.6 Å². The van der Waals surface area contributed by atoms with Crippen LogP contribution in [0, 0.1) is 0 Å². The molecule has 1 N–H and O–H groups in total. The first-order valence-corrected chi connectivity index (χ1v) is 7.84. The SMILES string of the molecule is COc1ccccc1CNC1(C)CCS(=O)(=O)C1. The zero-order valence-electron chi connectivity index (χ0n) is 10.8. The molecule has 1 saturated heterocycles. The summed E-state index contributed by atoms with van der Waals surface area (Å²) >= 11 is 0. The van der Waals surface area contributed by atoms with Gasteiger partial charge in [-0.25, -0.2) is 8.42 Å². The Morgan fingerprint density at radius 1 is 1.39 bits per heavy atom. The monoisotopic (exact) mass is 269 g/mol. The van der Waals surface area contributed by atoms with Gasteiger partial charge < -0.3 is 10.1 Å². The second kappa shape index (κ2) is 4.90. The second-order valence-corrected chi connectivity index (χ2v) is 7.25. The lowest BCUT2D eigenvalue weighted by atomic mass is 10.0. The molecule has 1 unspecified atom stereocenters. The molecule has 0 spiro atoms. The van der Waals surface area contributed by atoms with Crippen LogP contribution < -0.4 is 10.1 Å². The molecule has 1 atom stereocenters. The van der Waals surface area contributed by atoms with Crippen LogP contribution in [0.5, 0.6) is 5.75 Å². The molecule has 1 aliphatic heterocycles. The molecule has 18 heavy (non-hydrogen) atoms. The zero-order chi connectivity index (χ0) is 13.2. The van der Waals surface area contributed by atoms with Gasteiger partial charge in [0.1, 0.15) is 5.75 Å². The van der Waals surface area contributed by atoms with Crippen molar-refractivity contribution < 1.29 is 13.2 Å². The van der Waals surface area contributed by atoms with Gasteiger partial charge in [0.05, 0.1) is 18.6 Å². The molecule has 1 fully saturated rings. The maximum Gasteiger partial charge on any atom is 0.152 e. The summed E-state index contributed by atoms with van der Waals surface area (Å²) in [5.41, 5.74) is 0.727. The lowest BCUT2D eigenvalue weighted by Gasteiger charge is -2.24. The van der Waals surface area contributed by atoms with Crippen molar-refractivity contribution in [3.8, 4) is 5.75 Å². The Morgan fingerprint density at radius 3 is 2.72 bits per heavy atom. The molecule has 2 rings (SSSR count). The average molecular weight is 269 g/mol. The Balaban J connectivity index is 2.04. The average Bonchev–Trinajstić information content (AvgIpc) is 2.62. The number of ether oxygens (including phenoxy) is 1. The van der Waals surface area contributed by atoms with E-state index in [0.717, 1.165) is 11.3 Å². The van der Waals surface area contributed by atoms with E-state index in [1.54, 1.807) is 7.11 Å². The predicted molar refractivity (Wildman–Crippen MR) is 71.5 cm³/mol. The summed E-state index contributed by atoms with van der Waals surface area (Å²) in [6.45, 7) is 2.59. The number of benzene rings is 1. The van der Waals surface area contributed by atoms with Crippen LogP contribution >= 0.6 is 0 Å². The van der Waals surface area contributed by atoms with E-state index in [1.165, 1.54) is 0 Å². The standard InChI is InChI=1S/C13H19NO3S/c1-13(7-8-18(15,16)10-13)14-9-11-5-3-4-6-12(11)17-2/h3-6,14H,7-10H2,1-2H3. The first-order valence-electron chi connectivity index (χ1n) is 6.01. The second-order valence-electron chi connectivity index (χ2n) is 5.07. The minimum Gasteiger partial charge on any atom is -0.496 e. The van der Waals surface area contributed by atoms with E-state index in [9.17, 15) is 8.42 Å². The molecular weight excluding hydrogens is 250 g/mol. The van der Waals surface area contributed by atoms with Gasteiger partial charge in [-0.15, -0.1) is 0 Å². The fraction of sp³-hybridized carbons (Fsp3) is 0.538. The van der Waals surface area contributed by atoms with Gasteiger partial charge in [-0.3, -0.25) is 0 Å². The number of hydrogen-bond donors (Lipinski definition) is 1. The fourth-order valence-corrected chi connectivity index (χ4v) is 4.43. The molecule has 0 aliphatic carbocycles. The molecule has 4 nitrogen and oxygen atoms in total. The third-order valence-corrected chi connectivity index (χ3v) is 5.30. The van der Waals surface area contributed by atoms with Crippen LogP contribution in [-0.4, -0.2) is 32.6 Å². The Kier molecular flexibility index (Phi) is 3.64. The Labute approximate surface area is 108 Å². The first kappa shape index (κ1) is 13.4.